The summed E-state index contributed by atoms with van der Waals surface area (Å²) in [5.41, 5.74) is 2.20. The van der Waals surface area contributed by atoms with Gasteiger partial charge in [0.15, 0.2) is 0 Å². The van der Waals surface area contributed by atoms with E-state index in [1.807, 2.05) is 42.5 Å². The molecule has 15 heavy (non-hydrogen) atoms. The maximum atomic E-state index is 10.6. The molecule has 0 aliphatic heterocycles. The Hall–Kier alpha value is -1.83. The Morgan fingerprint density at radius 1 is 1.47 bits per heavy atom. The topological polar surface area (TPSA) is 29.1 Å². The largest absolute Gasteiger partial charge is 0.353 e. The highest BCUT2D eigenvalue weighted by Gasteiger charge is 1.89. The summed E-state index contributed by atoms with van der Waals surface area (Å²) in [6.45, 7) is 5.78. The second-order valence-electron chi connectivity index (χ2n) is 3.21. The fraction of sp³-hybridized carbons (Fsp3) is 0.154. The Labute approximate surface area is 90.3 Å². The molecule has 2 nitrogen and oxygen atoms in total. The van der Waals surface area contributed by atoms with Crippen LogP contribution in [0.3, 0.4) is 0 Å². The average molecular weight is 201 g/mol. The van der Waals surface area contributed by atoms with Gasteiger partial charge in [0.25, 0.3) is 0 Å². The monoisotopic (exact) mass is 201 g/mol. The van der Waals surface area contributed by atoms with Crippen LogP contribution in [0.2, 0.25) is 0 Å². The fourth-order valence-corrected chi connectivity index (χ4v) is 1.19. The second-order valence-corrected chi connectivity index (χ2v) is 3.21. The quantitative estimate of drug-likeness (QED) is 0.796. The molecule has 1 amide bonds. The van der Waals surface area contributed by atoms with Crippen LogP contribution < -0.4 is 5.32 Å². The van der Waals surface area contributed by atoms with Crippen LogP contribution in [0.4, 0.5) is 0 Å². The summed E-state index contributed by atoms with van der Waals surface area (Å²) in [4.78, 5) is 10.6. The van der Waals surface area contributed by atoms with E-state index in [-0.39, 0.29) is 5.91 Å². The third-order valence-corrected chi connectivity index (χ3v) is 1.93. The van der Waals surface area contributed by atoms with Crippen LogP contribution in [0, 0.1) is 0 Å². The maximum Gasteiger partial charge on any atom is 0.217 e. The van der Waals surface area contributed by atoms with Crippen LogP contribution in [-0.2, 0) is 4.79 Å². The van der Waals surface area contributed by atoms with Gasteiger partial charge in [0.05, 0.1) is 0 Å². The van der Waals surface area contributed by atoms with Crippen LogP contribution in [0.5, 0.6) is 0 Å². The van der Waals surface area contributed by atoms with Gasteiger partial charge in [0.2, 0.25) is 5.91 Å². The molecule has 0 atom stereocenters. The molecular formula is C13H15NO. The molecule has 1 N–H and O–H groups in total. The van der Waals surface area contributed by atoms with Gasteiger partial charge in [-0.3, -0.25) is 4.79 Å². The lowest BCUT2D eigenvalue weighted by Gasteiger charge is -1.97. The first-order chi connectivity index (χ1) is 7.22. The smallest absolute Gasteiger partial charge is 0.217 e. The molecule has 0 fully saturated rings. The molecule has 0 unspecified atom stereocenters. The molecule has 0 heterocycles. The van der Waals surface area contributed by atoms with Crippen molar-refractivity contribution in [2.75, 3.05) is 6.54 Å². The molecule has 0 saturated carbocycles. The third kappa shape index (κ3) is 4.27. The zero-order valence-electron chi connectivity index (χ0n) is 8.86. The summed E-state index contributed by atoms with van der Waals surface area (Å²) in [6.07, 6.45) is 5.71. The standard InChI is InChI=1S/C13H15NO/c1-3-12-6-4-7-13(10-12)8-5-9-14-11(2)15/h3-8,10H,1,9H2,2H3,(H,14,15). The first kappa shape index (κ1) is 11.2. The number of rotatable bonds is 4. The SMILES string of the molecule is C=Cc1cccc(C=CCNC(C)=O)c1. The van der Waals surface area contributed by atoms with Crippen molar-refractivity contribution < 1.29 is 4.79 Å². The summed E-state index contributed by atoms with van der Waals surface area (Å²) in [7, 11) is 0. The minimum absolute atomic E-state index is 0.0144. The Morgan fingerprint density at radius 2 is 2.20 bits per heavy atom. The van der Waals surface area contributed by atoms with E-state index in [1.54, 1.807) is 0 Å². The second kappa shape index (κ2) is 5.81. The van der Waals surface area contributed by atoms with Gasteiger partial charge in [-0.25, -0.2) is 0 Å². The lowest BCUT2D eigenvalue weighted by atomic mass is 10.1. The first-order valence-electron chi connectivity index (χ1n) is 4.86. The highest BCUT2D eigenvalue weighted by atomic mass is 16.1. The Balaban J connectivity index is 2.56. The van der Waals surface area contributed by atoms with Crippen LogP contribution >= 0.6 is 0 Å². The fourth-order valence-electron chi connectivity index (χ4n) is 1.19. The van der Waals surface area contributed by atoms with E-state index >= 15 is 0 Å². The number of nitrogens with one attached hydrogen (secondary N) is 1. The molecule has 2 heteroatoms. The van der Waals surface area contributed by atoms with Crippen molar-refractivity contribution in [3.05, 3.63) is 48.0 Å². The number of hydrogen-bond acceptors (Lipinski definition) is 1. The van der Waals surface area contributed by atoms with Crippen molar-refractivity contribution in [1.82, 2.24) is 5.32 Å². The van der Waals surface area contributed by atoms with Crippen molar-refractivity contribution in [2.24, 2.45) is 0 Å². The molecule has 0 aromatic heterocycles. The van der Waals surface area contributed by atoms with E-state index in [4.69, 9.17) is 0 Å². The molecule has 0 spiro atoms. The van der Waals surface area contributed by atoms with Gasteiger partial charge in [0, 0.05) is 13.5 Å². The van der Waals surface area contributed by atoms with E-state index < -0.39 is 0 Å². The van der Waals surface area contributed by atoms with E-state index in [0.29, 0.717) is 6.54 Å². The van der Waals surface area contributed by atoms with Gasteiger partial charge in [-0.2, -0.15) is 0 Å². The Kier molecular flexibility index (Phi) is 4.35. The van der Waals surface area contributed by atoms with Crippen LogP contribution in [0.25, 0.3) is 12.2 Å². The van der Waals surface area contributed by atoms with Gasteiger partial charge in [-0.05, 0) is 17.2 Å². The molecule has 0 aliphatic carbocycles. The number of carbonyl (C=O) groups is 1. The van der Waals surface area contributed by atoms with E-state index in [9.17, 15) is 4.79 Å². The highest BCUT2D eigenvalue weighted by molar-refractivity contribution is 5.73. The van der Waals surface area contributed by atoms with Crippen molar-refractivity contribution in [3.8, 4) is 0 Å². The van der Waals surface area contributed by atoms with Crippen molar-refractivity contribution in [1.29, 1.82) is 0 Å². The number of carbonyl (C=O) groups excluding carboxylic acids is 1. The average Bonchev–Trinajstić information content (AvgIpc) is 2.24. The summed E-state index contributed by atoms with van der Waals surface area (Å²) in [5.74, 6) is -0.0144. The molecule has 0 radical (unpaired) electrons. The molecule has 0 aliphatic rings. The van der Waals surface area contributed by atoms with Gasteiger partial charge < -0.3 is 5.32 Å². The van der Waals surface area contributed by atoms with Crippen molar-refractivity contribution in [2.45, 2.75) is 6.92 Å². The van der Waals surface area contributed by atoms with Crippen LogP contribution in [0.15, 0.2) is 36.9 Å². The zero-order valence-corrected chi connectivity index (χ0v) is 8.86. The first-order valence-corrected chi connectivity index (χ1v) is 4.86. The molecule has 1 aromatic rings. The summed E-state index contributed by atoms with van der Waals surface area (Å²) < 4.78 is 0. The van der Waals surface area contributed by atoms with Crippen LogP contribution in [0.1, 0.15) is 18.1 Å². The molecule has 1 aromatic carbocycles. The van der Waals surface area contributed by atoms with Gasteiger partial charge >= 0.3 is 0 Å². The molecular weight excluding hydrogens is 186 g/mol. The van der Waals surface area contributed by atoms with E-state index in [0.717, 1.165) is 11.1 Å². The Bertz CT molecular complexity index is 380. The molecule has 0 bridgehead atoms. The minimum Gasteiger partial charge on any atom is -0.353 e. The number of amides is 1. The predicted octanol–water partition coefficient (Wildman–Crippen LogP) is 2.48. The normalized spacial score (nSPS) is 10.2. The highest BCUT2D eigenvalue weighted by Crippen LogP contribution is 2.07. The Morgan fingerprint density at radius 3 is 2.87 bits per heavy atom. The molecule has 0 saturated heterocycles. The van der Waals surface area contributed by atoms with Gasteiger partial charge in [-0.15, -0.1) is 0 Å². The van der Waals surface area contributed by atoms with Gasteiger partial charge in [-0.1, -0.05) is 43.0 Å². The third-order valence-electron chi connectivity index (χ3n) is 1.93. The van der Waals surface area contributed by atoms with E-state index in [1.165, 1.54) is 6.92 Å². The lowest BCUT2D eigenvalue weighted by Crippen LogP contribution is -2.19. The lowest BCUT2D eigenvalue weighted by molar-refractivity contribution is -0.118. The summed E-state index contributed by atoms with van der Waals surface area (Å²) in [5, 5.41) is 2.70. The summed E-state index contributed by atoms with van der Waals surface area (Å²) >= 11 is 0. The van der Waals surface area contributed by atoms with Crippen molar-refractivity contribution in [3.63, 3.8) is 0 Å². The number of hydrogen-bond donors (Lipinski definition) is 1. The zero-order chi connectivity index (χ0) is 11.1. The van der Waals surface area contributed by atoms with E-state index in [2.05, 4.69) is 11.9 Å². The summed E-state index contributed by atoms with van der Waals surface area (Å²) in [6, 6.07) is 8.03. The molecule has 1 rings (SSSR count). The van der Waals surface area contributed by atoms with Gasteiger partial charge in [0.1, 0.15) is 0 Å². The van der Waals surface area contributed by atoms with Crippen molar-refractivity contribution >= 4 is 18.1 Å². The predicted molar refractivity (Wildman–Crippen MR) is 64.3 cm³/mol. The molecule has 78 valence electrons. The van der Waals surface area contributed by atoms with Crippen LogP contribution in [-0.4, -0.2) is 12.5 Å². The maximum absolute atomic E-state index is 10.6. The minimum atomic E-state index is -0.0144. The number of benzene rings is 1.